The van der Waals surface area contributed by atoms with Crippen LogP contribution < -0.4 is 10.6 Å². The molecule has 0 saturated carbocycles. The average Bonchev–Trinajstić information content (AvgIpc) is 3.39. The molecular weight excluding hydrogens is 575 g/mol. The number of fused-ring (bicyclic) bond motifs is 1. The van der Waals surface area contributed by atoms with Crippen LogP contribution in [0.15, 0.2) is 54.7 Å². The summed E-state index contributed by atoms with van der Waals surface area (Å²) in [5.41, 5.74) is 3.37. The number of piperidine rings is 2. The number of carboxylic acids is 1. The van der Waals surface area contributed by atoms with Gasteiger partial charge in [-0.1, -0.05) is 36.4 Å². The highest BCUT2D eigenvalue weighted by atomic mass is 19.4. The van der Waals surface area contributed by atoms with E-state index >= 15 is 0 Å². The first-order valence-corrected chi connectivity index (χ1v) is 14.9. The lowest BCUT2D eigenvalue weighted by Gasteiger charge is -2.41. The molecule has 2 fully saturated rings. The molecule has 44 heavy (non-hydrogen) atoms. The number of hydrogen-bond acceptors (Lipinski definition) is 5. The van der Waals surface area contributed by atoms with Crippen LogP contribution in [0.25, 0.3) is 10.9 Å². The Hall–Kier alpha value is -3.90. The van der Waals surface area contributed by atoms with Crippen molar-refractivity contribution in [3.8, 4) is 0 Å². The van der Waals surface area contributed by atoms with Crippen LogP contribution in [-0.4, -0.2) is 89.7 Å². The van der Waals surface area contributed by atoms with Crippen molar-refractivity contribution in [1.82, 2.24) is 25.4 Å². The summed E-state index contributed by atoms with van der Waals surface area (Å²) in [6.45, 7) is 7.26. The van der Waals surface area contributed by atoms with Crippen LogP contribution >= 0.6 is 0 Å². The molecule has 2 amide bonds. The van der Waals surface area contributed by atoms with E-state index in [4.69, 9.17) is 9.90 Å². The maximum absolute atomic E-state index is 13.4. The summed E-state index contributed by atoms with van der Waals surface area (Å²) >= 11 is 0. The van der Waals surface area contributed by atoms with Crippen LogP contribution in [-0.2, 0) is 9.59 Å². The lowest BCUT2D eigenvalue weighted by molar-refractivity contribution is -0.192. The molecule has 0 radical (unpaired) electrons. The number of aliphatic carboxylic acids is 1. The summed E-state index contributed by atoms with van der Waals surface area (Å²) in [5, 5.41) is 14.4. The van der Waals surface area contributed by atoms with E-state index < -0.39 is 18.2 Å². The van der Waals surface area contributed by atoms with Crippen LogP contribution in [0.3, 0.4) is 0 Å². The number of aromatic nitrogens is 1. The van der Waals surface area contributed by atoms with E-state index in [-0.39, 0.29) is 11.8 Å². The summed E-state index contributed by atoms with van der Waals surface area (Å²) in [7, 11) is 2.21. The molecule has 2 aliphatic rings. The highest BCUT2D eigenvalue weighted by Crippen LogP contribution is 2.24. The third kappa shape index (κ3) is 8.82. The molecule has 4 N–H and O–H groups in total. The van der Waals surface area contributed by atoms with Crippen LogP contribution in [0.5, 0.6) is 0 Å². The molecule has 3 aromatic rings. The van der Waals surface area contributed by atoms with Crippen molar-refractivity contribution in [1.29, 1.82) is 0 Å². The van der Waals surface area contributed by atoms with Crippen molar-refractivity contribution in [2.75, 3.05) is 39.8 Å². The Kier molecular flexibility index (Phi) is 11.0. The zero-order chi connectivity index (χ0) is 31.9. The number of halogens is 3. The third-order valence-electron chi connectivity index (χ3n) is 8.48. The number of H-pyrrole nitrogens is 1. The molecule has 5 rings (SSSR count). The van der Waals surface area contributed by atoms with Gasteiger partial charge in [0.2, 0.25) is 5.91 Å². The van der Waals surface area contributed by atoms with Gasteiger partial charge in [0, 0.05) is 35.2 Å². The van der Waals surface area contributed by atoms with E-state index in [0.29, 0.717) is 24.1 Å². The van der Waals surface area contributed by atoms with Crippen LogP contribution in [0.1, 0.15) is 53.2 Å². The molecule has 0 spiro atoms. The van der Waals surface area contributed by atoms with Crippen molar-refractivity contribution in [3.05, 3.63) is 71.4 Å². The van der Waals surface area contributed by atoms with E-state index in [9.17, 15) is 22.8 Å². The summed E-state index contributed by atoms with van der Waals surface area (Å²) in [5.74, 6) is -2.71. The molecule has 12 heteroatoms. The fourth-order valence-electron chi connectivity index (χ4n) is 5.80. The van der Waals surface area contributed by atoms with Crippen LogP contribution in [0, 0.1) is 12.8 Å². The van der Waals surface area contributed by atoms with Gasteiger partial charge in [0.25, 0.3) is 5.91 Å². The number of aryl methyl sites for hydroxylation is 1. The maximum atomic E-state index is 13.4. The van der Waals surface area contributed by atoms with Gasteiger partial charge < -0.3 is 30.5 Å². The van der Waals surface area contributed by atoms with Crippen molar-refractivity contribution in [2.24, 2.45) is 5.92 Å². The zero-order valence-corrected chi connectivity index (χ0v) is 25.0. The first kappa shape index (κ1) is 33.0. The number of amides is 2. The van der Waals surface area contributed by atoms with Gasteiger partial charge in [-0.05, 0) is 95.0 Å². The zero-order valence-electron chi connectivity index (χ0n) is 25.0. The number of alkyl halides is 3. The topological polar surface area (TPSA) is 118 Å². The van der Waals surface area contributed by atoms with E-state index in [2.05, 4.69) is 32.5 Å². The number of nitrogens with zero attached hydrogens (tertiary/aromatic N) is 2. The van der Waals surface area contributed by atoms with Gasteiger partial charge in [0.15, 0.2) is 0 Å². The predicted molar refractivity (Wildman–Crippen MR) is 161 cm³/mol. The first-order chi connectivity index (χ1) is 20.9. The van der Waals surface area contributed by atoms with Gasteiger partial charge >= 0.3 is 12.1 Å². The van der Waals surface area contributed by atoms with Crippen LogP contribution in [0.2, 0.25) is 0 Å². The Labute approximate surface area is 254 Å². The molecule has 3 heterocycles. The third-order valence-corrected chi connectivity index (χ3v) is 8.48. The minimum atomic E-state index is -5.08. The number of carboxylic acid groups (broad SMARTS) is 1. The van der Waals surface area contributed by atoms with E-state index in [1.165, 1.54) is 25.9 Å². The second kappa shape index (κ2) is 14.7. The number of nitrogens with one attached hydrogen (secondary N) is 3. The number of benzene rings is 2. The Morgan fingerprint density at radius 2 is 1.64 bits per heavy atom. The Balaban J connectivity index is 0.000000566. The fourth-order valence-corrected chi connectivity index (χ4v) is 5.80. The molecule has 2 aromatic carbocycles. The average molecular weight is 616 g/mol. The Bertz CT molecular complexity index is 1410. The van der Waals surface area contributed by atoms with E-state index in [1.807, 2.05) is 61.7 Å². The Morgan fingerprint density at radius 1 is 1.00 bits per heavy atom. The number of likely N-dealkylation sites (tertiary alicyclic amines) is 2. The standard InChI is InChI=1S/C30H39N5O2.C2HF3O2/c1-21-19-31-27-18-24(8-9-26(21)27)29(36)33-28(23-6-4-3-5-7-23)30(37)32-20-22-10-16-35(17-11-22)25-12-14-34(2)15-13-25;3-2(4,5)1(6)7/h3-9,18-19,22,25,28,31H,10-17,20H2,1-2H3,(H,32,37)(H,33,36);(H,6,7)/t28-;/m1./s1. The molecule has 0 bridgehead atoms. The highest BCUT2D eigenvalue weighted by molar-refractivity contribution is 6.00. The highest BCUT2D eigenvalue weighted by Gasteiger charge is 2.38. The van der Waals surface area contributed by atoms with Gasteiger partial charge in [0.05, 0.1) is 0 Å². The lowest BCUT2D eigenvalue weighted by Crippen LogP contribution is -2.48. The van der Waals surface area contributed by atoms with Gasteiger partial charge in [-0.25, -0.2) is 4.79 Å². The molecule has 238 valence electrons. The Morgan fingerprint density at radius 3 is 2.25 bits per heavy atom. The smallest absolute Gasteiger partial charge is 0.475 e. The van der Waals surface area contributed by atoms with Gasteiger partial charge in [-0.2, -0.15) is 13.2 Å². The number of carbonyl (C=O) groups excluding carboxylic acids is 2. The molecule has 0 unspecified atom stereocenters. The minimum absolute atomic E-state index is 0.158. The normalized spacial score (nSPS) is 17.8. The number of aromatic amines is 1. The molecule has 2 saturated heterocycles. The lowest BCUT2D eigenvalue weighted by atomic mass is 9.93. The predicted octanol–water partition coefficient (Wildman–Crippen LogP) is 4.50. The number of carbonyl (C=O) groups is 3. The summed E-state index contributed by atoms with van der Waals surface area (Å²) < 4.78 is 31.7. The van der Waals surface area contributed by atoms with Gasteiger partial charge in [-0.3, -0.25) is 9.59 Å². The largest absolute Gasteiger partial charge is 0.490 e. The maximum Gasteiger partial charge on any atom is 0.490 e. The van der Waals surface area contributed by atoms with Crippen LogP contribution in [0.4, 0.5) is 13.2 Å². The molecule has 9 nitrogen and oxygen atoms in total. The summed E-state index contributed by atoms with van der Waals surface area (Å²) in [4.78, 5) is 43.7. The fraction of sp³-hybridized carbons (Fsp3) is 0.469. The first-order valence-electron chi connectivity index (χ1n) is 14.9. The molecular formula is C32H40F3N5O4. The molecule has 2 aliphatic heterocycles. The molecule has 1 atom stereocenters. The van der Waals surface area contributed by atoms with Crippen molar-refractivity contribution in [2.45, 2.75) is 50.9 Å². The SMILES string of the molecule is Cc1c[nH]c2cc(C(=O)N[C@@H](C(=O)NCC3CCN(C4CCN(C)CC4)CC3)c3ccccc3)ccc12.O=C(O)C(F)(F)F. The minimum Gasteiger partial charge on any atom is -0.475 e. The van der Waals surface area contributed by atoms with E-state index in [0.717, 1.165) is 48.0 Å². The summed E-state index contributed by atoms with van der Waals surface area (Å²) in [6.07, 6.45) is 1.57. The second-order valence-corrected chi connectivity index (χ2v) is 11.6. The monoisotopic (exact) mass is 615 g/mol. The molecule has 0 aliphatic carbocycles. The number of hydrogen-bond donors (Lipinski definition) is 4. The van der Waals surface area contributed by atoms with Crippen molar-refractivity contribution < 1.29 is 32.7 Å². The quantitative estimate of drug-likeness (QED) is 0.311. The van der Waals surface area contributed by atoms with Gasteiger partial charge in [-0.15, -0.1) is 0 Å². The van der Waals surface area contributed by atoms with Crippen molar-refractivity contribution in [3.63, 3.8) is 0 Å². The van der Waals surface area contributed by atoms with Gasteiger partial charge in [0.1, 0.15) is 6.04 Å². The van der Waals surface area contributed by atoms with Crippen molar-refractivity contribution >= 4 is 28.7 Å². The molecule has 1 aromatic heterocycles. The van der Waals surface area contributed by atoms with E-state index in [1.54, 1.807) is 0 Å². The number of rotatable bonds is 7. The summed E-state index contributed by atoms with van der Waals surface area (Å²) in [6, 6.07) is 15.1. The second-order valence-electron chi connectivity index (χ2n) is 11.6.